The predicted octanol–water partition coefficient (Wildman–Crippen LogP) is 2.51. The Labute approximate surface area is 63.1 Å². The number of allylic oxidation sites excluding steroid dienone is 2. The highest BCUT2D eigenvalue weighted by Crippen LogP contribution is 2.08. The second kappa shape index (κ2) is 5.30. The summed E-state index contributed by atoms with van der Waals surface area (Å²) in [4.78, 5) is 0. The van der Waals surface area contributed by atoms with Crippen molar-refractivity contribution < 1.29 is 0 Å². The molecular weight excluding hydrogens is 126 g/mol. The minimum atomic E-state index is 0.891. The zero-order valence-corrected chi connectivity index (χ0v) is 7.05. The van der Waals surface area contributed by atoms with Gasteiger partial charge in [-0.05, 0) is 32.5 Å². The van der Waals surface area contributed by atoms with Gasteiger partial charge in [0.15, 0.2) is 0 Å². The van der Waals surface area contributed by atoms with Crippen LogP contribution in [0.25, 0.3) is 0 Å². The van der Waals surface area contributed by atoms with Crippen LogP contribution >= 0.6 is 0 Å². The topological polar surface area (TPSA) is 26.3 Å². The molecule has 0 rings (SSSR count). The first kappa shape index (κ1) is 9.50. The van der Waals surface area contributed by atoms with E-state index in [-0.39, 0.29) is 0 Å². The van der Waals surface area contributed by atoms with Crippen molar-refractivity contribution in [2.75, 3.05) is 7.05 Å². The molecule has 0 fully saturated rings. The third-order valence-corrected chi connectivity index (χ3v) is 1.52. The Kier molecular flexibility index (Phi) is 5.03. The van der Waals surface area contributed by atoms with Crippen molar-refractivity contribution >= 4 is 0 Å². The minimum Gasteiger partial charge on any atom is -0.759 e. The summed E-state index contributed by atoms with van der Waals surface area (Å²) in [5, 5.41) is 11.7. The van der Waals surface area contributed by atoms with Gasteiger partial charge in [0.25, 0.3) is 0 Å². The number of unbranched alkanes of at least 4 members (excludes halogenated alkanes) is 1. The number of hydrogen-bond acceptors (Lipinski definition) is 2. The Morgan fingerprint density at radius 3 is 2.50 bits per heavy atom. The highest BCUT2D eigenvalue weighted by Gasteiger charge is 1.91. The first-order chi connectivity index (χ1) is 4.72. The van der Waals surface area contributed by atoms with Crippen LogP contribution in [0.4, 0.5) is 0 Å². The standard InChI is InChI=1S/C8H16NO/c1-4-6-7-8(5-2)9(3)10/h5H,4,6-7H2,1-3H3/q-1/b8-5+. The SMILES string of the molecule is C/C=C(\CCCC)N(C)[O-]. The molecule has 0 bridgehead atoms. The lowest BCUT2D eigenvalue weighted by Gasteiger charge is -2.27. The van der Waals surface area contributed by atoms with Crippen LogP contribution in [0.3, 0.4) is 0 Å². The summed E-state index contributed by atoms with van der Waals surface area (Å²) in [6.45, 7) is 4.03. The van der Waals surface area contributed by atoms with Crippen LogP contribution in [0.2, 0.25) is 0 Å². The maximum absolute atomic E-state index is 10.7. The number of rotatable bonds is 4. The van der Waals surface area contributed by atoms with E-state index in [1.165, 1.54) is 0 Å². The Morgan fingerprint density at radius 2 is 2.20 bits per heavy atom. The van der Waals surface area contributed by atoms with Gasteiger partial charge in [-0.25, -0.2) is 0 Å². The third-order valence-electron chi connectivity index (χ3n) is 1.52. The molecule has 2 heteroatoms. The fourth-order valence-electron chi connectivity index (χ4n) is 0.841. The molecule has 60 valence electrons. The zero-order chi connectivity index (χ0) is 7.98. The molecule has 0 N–H and O–H groups in total. The highest BCUT2D eigenvalue weighted by molar-refractivity contribution is 4.98. The number of hydroxylamine groups is 2. The fraction of sp³-hybridized carbons (Fsp3) is 0.750. The third kappa shape index (κ3) is 3.51. The Balaban J connectivity index is 3.63. The fourth-order valence-corrected chi connectivity index (χ4v) is 0.841. The second-order valence-corrected chi connectivity index (χ2v) is 2.38. The van der Waals surface area contributed by atoms with Gasteiger partial charge in [0.05, 0.1) is 0 Å². The van der Waals surface area contributed by atoms with Crippen LogP contribution in [0.15, 0.2) is 11.8 Å². The van der Waals surface area contributed by atoms with Crippen molar-refractivity contribution in [3.8, 4) is 0 Å². The molecular formula is C8H16NO-. The van der Waals surface area contributed by atoms with Gasteiger partial charge >= 0.3 is 0 Å². The molecule has 0 unspecified atom stereocenters. The van der Waals surface area contributed by atoms with Crippen LogP contribution in [0, 0.1) is 5.21 Å². The molecule has 0 spiro atoms. The highest BCUT2D eigenvalue weighted by atomic mass is 16.5. The van der Waals surface area contributed by atoms with Crippen molar-refractivity contribution in [1.82, 2.24) is 5.06 Å². The zero-order valence-electron chi connectivity index (χ0n) is 7.05. The molecule has 0 radical (unpaired) electrons. The van der Waals surface area contributed by atoms with Crippen LogP contribution in [-0.4, -0.2) is 12.1 Å². The molecule has 2 nitrogen and oxygen atoms in total. The normalized spacial score (nSPS) is 11.8. The molecule has 0 atom stereocenters. The van der Waals surface area contributed by atoms with E-state index in [1.807, 2.05) is 13.0 Å². The first-order valence-electron chi connectivity index (χ1n) is 3.78. The second-order valence-electron chi connectivity index (χ2n) is 2.38. The van der Waals surface area contributed by atoms with E-state index in [4.69, 9.17) is 0 Å². The Morgan fingerprint density at radius 1 is 1.60 bits per heavy atom. The Bertz CT molecular complexity index is 108. The summed E-state index contributed by atoms with van der Waals surface area (Å²) in [7, 11) is 1.55. The average Bonchev–Trinajstić information content (AvgIpc) is 1.89. The average molecular weight is 142 g/mol. The molecule has 0 aromatic carbocycles. The van der Waals surface area contributed by atoms with Crippen molar-refractivity contribution in [1.29, 1.82) is 0 Å². The number of nitrogens with zero attached hydrogens (tertiary/aromatic N) is 1. The number of hydrogen-bond donors (Lipinski definition) is 0. The molecule has 0 aromatic heterocycles. The molecule has 10 heavy (non-hydrogen) atoms. The Hall–Kier alpha value is -0.500. The van der Waals surface area contributed by atoms with E-state index in [0.717, 1.165) is 30.0 Å². The van der Waals surface area contributed by atoms with Crippen molar-refractivity contribution in [3.63, 3.8) is 0 Å². The van der Waals surface area contributed by atoms with Crippen LogP contribution in [-0.2, 0) is 0 Å². The molecule has 0 heterocycles. The quantitative estimate of drug-likeness (QED) is 0.564. The van der Waals surface area contributed by atoms with Crippen LogP contribution in [0.5, 0.6) is 0 Å². The maximum Gasteiger partial charge on any atom is -0.00198 e. The first-order valence-corrected chi connectivity index (χ1v) is 3.78. The van der Waals surface area contributed by atoms with Gasteiger partial charge in [0.1, 0.15) is 0 Å². The van der Waals surface area contributed by atoms with Gasteiger partial charge in [-0.15, -0.1) is 0 Å². The van der Waals surface area contributed by atoms with Gasteiger partial charge in [0, 0.05) is 0 Å². The van der Waals surface area contributed by atoms with E-state index in [1.54, 1.807) is 7.05 Å². The predicted molar refractivity (Wildman–Crippen MR) is 44.4 cm³/mol. The largest absolute Gasteiger partial charge is 0.759 e. The van der Waals surface area contributed by atoms with Gasteiger partial charge in [-0.1, -0.05) is 19.4 Å². The van der Waals surface area contributed by atoms with E-state index in [2.05, 4.69) is 6.92 Å². The van der Waals surface area contributed by atoms with Gasteiger partial charge in [0.2, 0.25) is 0 Å². The summed E-state index contributed by atoms with van der Waals surface area (Å²) in [6, 6.07) is 0. The molecule has 0 saturated heterocycles. The molecule has 0 amide bonds. The lowest BCUT2D eigenvalue weighted by molar-refractivity contribution is 0.527. The maximum atomic E-state index is 10.7. The van der Waals surface area contributed by atoms with Crippen LogP contribution < -0.4 is 0 Å². The lowest BCUT2D eigenvalue weighted by atomic mass is 10.2. The van der Waals surface area contributed by atoms with E-state index in [9.17, 15) is 5.21 Å². The summed E-state index contributed by atoms with van der Waals surface area (Å²) in [5.41, 5.74) is 0.891. The van der Waals surface area contributed by atoms with Crippen molar-refractivity contribution in [3.05, 3.63) is 17.0 Å². The van der Waals surface area contributed by atoms with Crippen molar-refractivity contribution in [2.45, 2.75) is 33.1 Å². The molecule has 0 aliphatic rings. The molecule has 0 saturated carbocycles. The minimum absolute atomic E-state index is 0.891. The molecule has 0 aliphatic heterocycles. The molecule has 0 aromatic rings. The van der Waals surface area contributed by atoms with Gasteiger partial charge < -0.3 is 10.3 Å². The van der Waals surface area contributed by atoms with Gasteiger partial charge in [-0.2, -0.15) is 0 Å². The smallest absolute Gasteiger partial charge is 0.00198 e. The lowest BCUT2D eigenvalue weighted by Crippen LogP contribution is -2.08. The van der Waals surface area contributed by atoms with Crippen molar-refractivity contribution in [2.24, 2.45) is 0 Å². The van der Waals surface area contributed by atoms with Crippen LogP contribution in [0.1, 0.15) is 33.1 Å². The summed E-state index contributed by atoms with van der Waals surface area (Å²) >= 11 is 0. The summed E-state index contributed by atoms with van der Waals surface area (Å²) in [6.07, 6.45) is 5.03. The van der Waals surface area contributed by atoms with E-state index in [0.29, 0.717) is 0 Å². The van der Waals surface area contributed by atoms with E-state index >= 15 is 0 Å². The van der Waals surface area contributed by atoms with E-state index < -0.39 is 0 Å². The van der Waals surface area contributed by atoms with Gasteiger partial charge in [-0.3, -0.25) is 0 Å². The summed E-state index contributed by atoms with van der Waals surface area (Å²) in [5.74, 6) is 0. The molecule has 0 aliphatic carbocycles. The monoisotopic (exact) mass is 142 g/mol. The summed E-state index contributed by atoms with van der Waals surface area (Å²) < 4.78 is 0.